The van der Waals surface area contributed by atoms with Crippen LogP contribution in [-0.2, 0) is 0 Å². The largest absolute Gasteiger partial charge is 0.493 e. The Bertz CT molecular complexity index is 559. The molecule has 9 heteroatoms. The molecule has 1 aromatic carbocycles. The van der Waals surface area contributed by atoms with E-state index in [2.05, 4.69) is 31.2 Å². The fourth-order valence-corrected chi connectivity index (χ4v) is 1.55. The predicted molar refractivity (Wildman–Crippen MR) is 71.5 cm³/mol. The summed E-state index contributed by atoms with van der Waals surface area (Å²) in [4.78, 5) is 0. The predicted octanol–water partition coefficient (Wildman–Crippen LogP) is 0.671. The van der Waals surface area contributed by atoms with Gasteiger partial charge in [0.25, 0.3) is 5.95 Å². The van der Waals surface area contributed by atoms with Crippen molar-refractivity contribution in [3.8, 4) is 17.2 Å². The molecule has 0 bridgehead atoms. The summed E-state index contributed by atoms with van der Waals surface area (Å²) >= 11 is 0. The molecule has 106 valence electrons. The number of aromatic amines is 1. The van der Waals surface area contributed by atoms with E-state index in [1.807, 2.05) is 0 Å². The van der Waals surface area contributed by atoms with Crippen LogP contribution in [0.15, 0.2) is 17.2 Å². The van der Waals surface area contributed by atoms with Gasteiger partial charge in [0.2, 0.25) is 5.75 Å². The van der Waals surface area contributed by atoms with E-state index >= 15 is 0 Å². The molecule has 0 aliphatic rings. The second-order valence-electron chi connectivity index (χ2n) is 3.56. The minimum Gasteiger partial charge on any atom is -0.493 e. The number of ether oxygens (including phenoxy) is 3. The van der Waals surface area contributed by atoms with Crippen LogP contribution in [-0.4, -0.2) is 48.2 Å². The van der Waals surface area contributed by atoms with Gasteiger partial charge in [0, 0.05) is 5.56 Å². The summed E-state index contributed by atoms with van der Waals surface area (Å²) in [5.74, 6) is 1.90. The third-order valence-electron chi connectivity index (χ3n) is 2.41. The zero-order valence-corrected chi connectivity index (χ0v) is 11.2. The highest BCUT2D eigenvalue weighted by atomic mass is 16.5. The number of aromatic nitrogens is 4. The summed E-state index contributed by atoms with van der Waals surface area (Å²) in [5, 5.41) is 17.1. The van der Waals surface area contributed by atoms with Gasteiger partial charge in [-0.25, -0.2) is 5.43 Å². The number of hydrazone groups is 1. The summed E-state index contributed by atoms with van der Waals surface area (Å²) in [5.41, 5.74) is 3.38. The molecule has 0 unspecified atom stereocenters. The molecule has 2 rings (SSSR count). The monoisotopic (exact) mass is 278 g/mol. The number of hydrogen-bond acceptors (Lipinski definition) is 8. The lowest BCUT2D eigenvalue weighted by Gasteiger charge is -2.12. The second kappa shape index (κ2) is 6.36. The van der Waals surface area contributed by atoms with Crippen LogP contribution < -0.4 is 19.6 Å². The lowest BCUT2D eigenvalue weighted by atomic mass is 10.2. The highest BCUT2D eigenvalue weighted by molar-refractivity contribution is 5.82. The quantitative estimate of drug-likeness (QED) is 0.590. The maximum Gasteiger partial charge on any atom is 0.283 e. The third kappa shape index (κ3) is 2.94. The van der Waals surface area contributed by atoms with E-state index in [1.165, 1.54) is 0 Å². The SMILES string of the molecule is COc1cc(/C=N/Nc2nn[nH]n2)cc(OC)c1OC. The molecule has 0 aliphatic heterocycles. The number of rotatable bonds is 6. The van der Waals surface area contributed by atoms with Crippen molar-refractivity contribution in [2.24, 2.45) is 5.10 Å². The minimum atomic E-state index is 0.272. The topological polar surface area (TPSA) is 107 Å². The van der Waals surface area contributed by atoms with Gasteiger partial charge in [-0.05, 0) is 17.3 Å². The average molecular weight is 278 g/mol. The van der Waals surface area contributed by atoms with Gasteiger partial charge >= 0.3 is 0 Å². The maximum absolute atomic E-state index is 5.24. The molecule has 0 atom stereocenters. The average Bonchev–Trinajstić information content (AvgIpc) is 2.99. The smallest absolute Gasteiger partial charge is 0.283 e. The first kappa shape index (κ1) is 13.6. The van der Waals surface area contributed by atoms with Crippen molar-refractivity contribution in [2.75, 3.05) is 26.8 Å². The molecule has 0 saturated heterocycles. The summed E-state index contributed by atoms with van der Waals surface area (Å²) in [6.45, 7) is 0. The normalized spacial score (nSPS) is 10.6. The van der Waals surface area contributed by atoms with Crippen LogP contribution >= 0.6 is 0 Å². The number of H-pyrrole nitrogens is 1. The molecular weight excluding hydrogens is 264 g/mol. The van der Waals surface area contributed by atoms with Gasteiger partial charge in [0.1, 0.15) is 0 Å². The molecule has 0 amide bonds. The van der Waals surface area contributed by atoms with E-state index in [0.717, 1.165) is 5.56 Å². The van der Waals surface area contributed by atoms with Crippen molar-refractivity contribution in [1.29, 1.82) is 0 Å². The van der Waals surface area contributed by atoms with Crippen LogP contribution in [0.25, 0.3) is 0 Å². The first-order chi connectivity index (χ1) is 9.78. The van der Waals surface area contributed by atoms with E-state index in [0.29, 0.717) is 17.2 Å². The standard InChI is InChI=1S/C11H14N6O3/c1-18-8-4-7(5-9(19-2)10(8)20-3)6-12-13-11-14-16-17-15-11/h4-6H,1-3H3,(H2,13,14,15,16,17)/b12-6+. The van der Waals surface area contributed by atoms with Crippen LogP contribution in [0.2, 0.25) is 0 Å². The highest BCUT2D eigenvalue weighted by Crippen LogP contribution is 2.37. The number of nitrogens with zero attached hydrogens (tertiary/aromatic N) is 4. The molecule has 2 aromatic rings. The zero-order valence-electron chi connectivity index (χ0n) is 11.2. The van der Waals surface area contributed by atoms with Crippen LogP contribution in [0.5, 0.6) is 17.2 Å². The van der Waals surface area contributed by atoms with Crippen molar-refractivity contribution in [2.45, 2.75) is 0 Å². The number of hydrogen-bond donors (Lipinski definition) is 2. The zero-order chi connectivity index (χ0) is 14.4. The fourth-order valence-electron chi connectivity index (χ4n) is 1.55. The maximum atomic E-state index is 5.24. The third-order valence-corrected chi connectivity index (χ3v) is 2.41. The van der Waals surface area contributed by atoms with Crippen LogP contribution in [0, 0.1) is 0 Å². The molecule has 0 spiro atoms. The van der Waals surface area contributed by atoms with Gasteiger partial charge in [-0.1, -0.05) is 5.10 Å². The van der Waals surface area contributed by atoms with Crippen LogP contribution in [0.4, 0.5) is 5.95 Å². The molecule has 1 aromatic heterocycles. The van der Waals surface area contributed by atoms with Crippen molar-refractivity contribution in [3.05, 3.63) is 17.7 Å². The van der Waals surface area contributed by atoms with Gasteiger partial charge < -0.3 is 14.2 Å². The molecule has 0 saturated carbocycles. The number of tetrazole rings is 1. The molecule has 2 N–H and O–H groups in total. The Morgan fingerprint density at radius 2 is 1.85 bits per heavy atom. The molecule has 0 aliphatic carbocycles. The molecule has 1 heterocycles. The molecule has 0 radical (unpaired) electrons. The lowest BCUT2D eigenvalue weighted by molar-refractivity contribution is 0.324. The van der Waals surface area contributed by atoms with E-state index < -0.39 is 0 Å². The van der Waals surface area contributed by atoms with Crippen molar-refractivity contribution >= 4 is 12.2 Å². The Hall–Kier alpha value is -2.84. The number of benzene rings is 1. The Morgan fingerprint density at radius 1 is 1.15 bits per heavy atom. The van der Waals surface area contributed by atoms with Gasteiger partial charge in [-0.2, -0.15) is 10.3 Å². The number of anilines is 1. The summed E-state index contributed by atoms with van der Waals surface area (Å²) < 4.78 is 15.7. The minimum absolute atomic E-state index is 0.272. The fraction of sp³-hybridized carbons (Fsp3) is 0.273. The number of methoxy groups -OCH3 is 3. The van der Waals surface area contributed by atoms with Gasteiger partial charge in [0.05, 0.1) is 27.5 Å². The van der Waals surface area contributed by atoms with Crippen LogP contribution in [0.1, 0.15) is 5.56 Å². The van der Waals surface area contributed by atoms with Crippen molar-refractivity contribution in [1.82, 2.24) is 20.6 Å². The Labute approximate surface area is 114 Å². The molecule has 0 fully saturated rings. The summed E-state index contributed by atoms with van der Waals surface area (Å²) in [6.07, 6.45) is 1.57. The van der Waals surface area contributed by atoms with E-state index in [9.17, 15) is 0 Å². The summed E-state index contributed by atoms with van der Waals surface area (Å²) in [6, 6.07) is 3.53. The Morgan fingerprint density at radius 3 is 2.35 bits per heavy atom. The Balaban J connectivity index is 2.21. The lowest BCUT2D eigenvalue weighted by Crippen LogP contribution is -1.98. The highest BCUT2D eigenvalue weighted by Gasteiger charge is 2.12. The van der Waals surface area contributed by atoms with E-state index in [4.69, 9.17) is 14.2 Å². The molecule has 20 heavy (non-hydrogen) atoms. The first-order valence-electron chi connectivity index (χ1n) is 5.61. The van der Waals surface area contributed by atoms with Crippen LogP contribution in [0.3, 0.4) is 0 Å². The van der Waals surface area contributed by atoms with Gasteiger partial charge in [-0.3, -0.25) is 0 Å². The van der Waals surface area contributed by atoms with Crippen molar-refractivity contribution in [3.63, 3.8) is 0 Å². The molecule has 9 nitrogen and oxygen atoms in total. The Kier molecular flexibility index (Phi) is 4.32. The second-order valence-corrected chi connectivity index (χ2v) is 3.56. The number of nitrogens with one attached hydrogen (secondary N) is 2. The summed E-state index contributed by atoms with van der Waals surface area (Å²) in [7, 11) is 4.65. The molecular formula is C11H14N6O3. The van der Waals surface area contributed by atoms with Crippen molar-refractivity contribution < 1.29 is 14.2 Å². The van der Waals surface area contributed by atoms with Gasteiger partial charge in [-0.15, -0.1) is 5.10 Å². The van der Waals surface area contributed by atoms with E-state index in [-0.39, 0.29) is 5.95 Å². The first-order valence-corrected chi connectivity index (χ1v) is 5.61. The van der Waals surface area contributed by atoms with E-state index in [1.54, 1.807) is 39.7 Å². The van der Waals surface area contributed by atoms with Gasteiger partial charge in [0.15, 0.2) is 11.5 Å².